The Labute approximate surface area is 104 Å². The number of nitriles is 2. The van der Waals surface area contributed by atoms with Gasteiger partial charge in [0.1, 0.15) is 6.07 Å². The van der Waals surface area contributed by atoms with Crippen LogP contribution in [-0.4, -0.2) is 12.5 Å². The molecule has 5 heteroatoms. The van der Waals surface area contributed by atoms with Crippen LogP contribution >= 0.6 is 0 Å². The number of rotatable bonds is 2. The summed E-state index contributed by atoms with van der Waals surface area (Å²) >= 11 is 0. The van der Waals surface area contributed by atoms with Gasteiger partial charge in [-0.15, -0.1) is 0 Å². The Morgan fingerprint density at radius 2 is 1.94 bits per heavy atom. The number of benzene rings is 1. The zero-order chi connectivity index (χ0) is 13.0. The second kappa shape index (κ2) is 5.03. The maximum absolute atomic E-state index is 11.8. The molecule has 0 radical (unpaired) electrons. The molecule has 0 aromatic heterocycles. The fourth-order valence-electron chi connectivity index (χ4n) is 1.55. The molecule has 88 valence electrons. The van der Waals surface area contributed by atoms with E-state index in [2.05, 4.69) is 5.32 Å². The summed E-state index contributed by atoms with van der Waals surface area (Å²) in [6.07, 6.45) is 0.513. The van der Waals surface area contributed by atoms with Crippen molar-refractivity contribution in [2.24, 2.45) is 0 Å². The predicted octanol–water partition coefficient (Wildman–Crippen LogP) is 1.44. The van der Waals surface area contributed by atoms with Crippen molar-refractivity contribution in [3.63, 3.8) is 0 Å². The smallest absolute Gasteiger partial charge is 0.257 e. The summed E-state index contributed by atoms with van der Waals surface area (Å²) in [5, 5.41) is 20.0. The first-order valence-electron chi connectivity index (χ1n) is 5.32. The highest BCUT2D eigenvalue weighted by Gasteiger charge is 2.18. The topological polar surface area (TPSA) is 85.9 Å². The SMILES string of the molecule is N#CC1=C(NC(=O)c2ccc(C#N)cc2)OCC1. The van der Waals surface area contributed by atoms with Gasteiger partial charge in [0, 0.05) is 12.0 Å². The van der Waals surface area contributed by atoms with Gasteiger partial charge in [-0.05, 0) is 24.3 Å². The molecule has 0 atom stereocenters. The summed E-state index contributed by atoms with van der Waals surface area (Å²) in [6.45, 7) is 0.409. The minimum Gasteiger partial charge on any atom is -0.478 e. The predicted molar refractivity (Wildman–Crippen MR) is 61.8 cm³/mol. The first-order chi connectivity index (χ1) is 8.74. The maximum atomic E-state index is 11.8. The minimum absolute atomic E-state index is 0.229. The van der Waals surface area contributed by atoms with E-state index in [1.165, 1.54) is 0 Å². The molecule has 0 saturated heterocycles. The van der Waals surface area contributed by atoms with Gasteiger partial charge in [0.2, 0.25) is 5.88 Å². The van der Waals surface area contributed by atoms with Crippen LogP contribution in [0.2, 0.25) is 0 Å². The molecule has 0 spiro atoms. The largest absolute Gasteiger partial charge is 0.478 e. The normalized spacial score (nSPS) is 13.4. The zero-order valence-corrected chi connectivity index (χ0v) is 9.43. The Balaban J connectivity index is 2.13. The average Bonchev–Trinajstić information content (AvgIpc) is 2.86. The summed E-state index contributed by atoms with van der Waals surface area (Å²) in [4.78, 5) is 11.8. The van der Waals surface area contributed by atoms with E-state index >= 15 is 0 Å². The summed E-state index contributed by atoms with van der Waals surface area (Å²) in [5.41, 5.74) is 1.34. The molecule has 1 aliphatic heterocycles. The molecule has 0 aliphatic carbocycles. The standard InChI is InChI=1S/C13H9N3O2/c14-7-9-1-3-10(4-2-9)12(17)16-13-11(8-15)5-6-18-13/h1-4H,5-6H2,(H,16,17). The molecule has 18 heavy (non-hydrogen) atoms. The lowest BCUT2D eigenvalue weighted by molar-refractivity contribution is 0.0930. The molecule has 0 saturated carbocycles. The molecule has 0 bridgehead atoms. The van der Waals surface area contributed by atoms with E-state index in [0.29, 0.717) is 29.7 Å². The van der Waals surface area contributed by atoms with Crippen molar-refractivity contribution in [3.8, 4) is 12.1 Å². The first kappa shape index (κ1) is 11.7. The van der Waals surface area contributed by atoms with Crippen LogP contribution in [0, 0.1) is 22.7 Å². The van der Waals surface area contributed by atoms with E-state index in [-0.39, 0.29) is 11.8 Å². The third-order valence-corrected chi connectivity index (χ3v) is 2.51. The van der Waals surface area contributed by atoms with Crippen LogP contribution in [-0.2, 0) is 4.74 Å². The minimum atomic E-state index is -0.357. The van der Waals surface area contributed by atoms with Gasteiger partial charge in [0.15, 0.2) is 0 Å². The Kier molecular flexibility index (Phi) is 3.26. The van der Waals surface area contributed by atoms with Crippen molar-refractivity contribution in [3.05, 3.63) is 46.8 Å². The van der Waals surface area contributed by atoms with E-state index in [0.717, 1.165) is 0 Å². The summed E-state index contributed by atoms with van der Waals surface area (Å²) in [5.74, 6) is -0.129. The number of hydrogen-bond donors (Lipinski definition) is 1. The lowest BCUT2D eigenvalue weighted by Gasteiger charge is -2.06. The Morgan fingerprint density at radius 3 is 2.56 bits per heavy atom. The molecule has 1 aromatic carbocycles. The van der Waals surface area contributed by atoms with Crippen molar-refractivity contribution in [2.75, 3.05) is 6.61 Å². The highest BCUT2D eigenvalue weighted by molar-refractivity contribution is 5.95. The number of nitrogens with zero attached hydrogens (tertiary/aromatic N) is 2. The van der Waals surface area contributed by atoms with Gasteiger partial charge in [-0.1, -0.05) is 0 Å². The fraction of sp³-hybridized carbons (Fsp3) is 0.154. The van der Waals surface area contributed by atoms with Crippen LogP contribution in [0.1, 0.15) is 22.3 Å². The van der Waals surface area contributed by atoms with Crippen molar-refractivity contribution >= 4 is 5.91 Å². The second-order valence-corrected chi connectivity index (χ2v) is 3.66. The molecule has 1 N–H and O–H groups in total. The highest BCUT2D eigenvalue weighted by atomic mass is 16.5. The van der Waals surface area contributed by atoms with E-state index in [9.17, 15) is 4.79 Å². The molecule has 1 amide bonds. The van der Waals surface area contributed by atoms with Crippen LogP contribution in [0.3, 0.4) is 0 Å². The Morgan fingerprint density at radius 1 is 1.22 bits per heavy atom. The maximum Gasteiger partial charge on any atom is 0.257 e. The highest BCUT2D eigenvalue weighted by Crippen LogP contribution is 2.16. The second-order valence-electron chi connectivity index (χ2n) is 3.66. The number of ether oxygens (including phenoxy) is 1. The van der Waals surface area contributed by atoms with Crippen molar-refractivity contribution in [1.29, 1.82) is 10.5 Å². The molecule has 2 rings (SSSR count). The van der Waals surface area contributed by atoms with Crippen molar-refractivity contribution in [1.82, 2.24) is 5.32 Å². The van der Waals surface area contributed by atoms with Crippen LogP contribution < -0.4 is 5.32 Å². The van der Waals surface area contributed by atoms with Gasteiger partial charge in [0.25, 0.3) is 5.91 Å². The number of amides is 1. The number of carbonyl (C=O) groups excluding carboxylic acids is 1. The van der Waals surface area contributed by atoms with Gasteiger partial charge in [-0.3, -0.25) is 10.1 Å². The molecule has 1 aliphatic rings. The van der Waals surface area contributed by atoms with Crippen LogP contribution in [0.25, 0.3) is 0 Å². The van der Waals surface area contributed by atoms with Crippen LogP contribution in [0.4, 0.5) is 0 Å². The Bertz CT molecular complexity index is 588. The number of carbonyl (C=O) groups is 1. The summed E-state index contributed by atoms with van der Waals surface area (Å²) in [7, 11) is 0. The quantitative estimate of drug-likeness (QED) is 0.846. The van der Waals surface area contributed by atoms with Gasteiger partial charge in [0.05, 0.1) is 23.8 Å². The van der Waals surface area contributed by atoms with Gasteiger partial charge < -0.3 is 4.74 Å². The van der Waals surface area contributed by atoms with E-state index < -0.39 is 0 Å². The fourth-order valence-corrected chi connectivity index (χ4v) is 1.55. The molecule has 0 fully saturated rings. The average molecular weight is 239 g/mol. The number of hydrogen-bond acceptors (Lipinski definition) is 4. The third kappa shape index (κ3) is 2.31. The van der Waals surface area contributed by atoms with Crippen molar-refractivity contribution in [2.45, 2.75) is 6.42 Å². The van der Waals surface area contributed by atoms with Crippen LogP contribution in [0.15, 0.2) is 35.7 Å². The van der Waals surface area contributed by atoms with Crippen molar-refractivity contribution < 1.29 is 9.53 Å². The third-order valence-electron chi connectivity index (χ3n) is 2.51. The molecular weight excluding hydrogens is 230 g/mol. The van der Waals surface area contributed by atoms with E-state index in [1.54, 1.807) is 24.3 Å². The lowest BCUT2D eigenvalue weighted by atomic mass is 10.1. The monoisotopic (exact) mass is 239 g/mol. The lowest BCUT2D eigenvalue weighted by Crippen LogP contribution is -2.23. The van der Waals surface area contributed by atoms with Crippen LogP contribution in [0.5, 0.6) is 0 Å². The molecule has 5 nitrogen and oxygen atoms in total. The summed E-state index contributed by atoms with van der Waals surface area (Å²) < 4.78 is 5.17. The zero-order valence-electron chi connectivity index (χ0n) is 9.43. The molecular formula is C13H9N3O2. The molecule has 1 heterocycles. The summed E-state index contributed by atoms with van der Waals surface area (Å²) in [6, 6.07) is 10.2. The molecule has 1 aromatic rings. The van der Waals surface area contributed by atoms with Gasteiger partial charge in [-0.25, -0.2) is 0 Å². The van der Waals surface area contributed by atoms with E-state index in [1.807, 2.05) is 12.1 Å². The van der Waals surface area contributed by atoms with Gasteiger partial charge in [-0.2, -0.15) is 10.5 Å². The van der Waals surface area contributed by atoms with Gasteiger partial charge >= 0.3 is 0 Å². The molecule has 0 unspecified atom stereocenters. The van der Waals surface area contributed by atoms with E-state index in [4.69, 9.17) is 15.3 Å². The number of nitrogens with one attached hydrogen (secondary N) is 1. The first-order valence-corrected chi connectivity index (χ1v) is 5.32. The Hall–Kier alpha value is -2.79.